The summed E-state index contributed by atoms with van der Waals surface area (Å²) < 4.78 is 11.1. The summed E-state index contributed by atoms with van der Waals surface area (Å²) in [4.78, 5) is 12.0. The lowest BCUT2D eigenvalue weighted by molar-refractivity contribution is -0.130. The molecule has 1 saturated heterocycles. The molecule has 2 rings (SSSR count). The highest BCUT2D eigenvalue weighted by Gasteiger charge is 2.19. The summed E-state index contributed by atoms with van der Waals surface area (Å²) in [6.45, 7) is 2.92. The number of anilines is 1. The van der Waals surface area contributed by atoms with Crippen LogP contribution in [-0.2, 0) is 14.3 Å². The molecule has 1 N–H and O–H groups in total. The van der Waals surface area contributed by atoms with Crippen LogP contribution in [0.1, 0.15) is 26.2 Å². The zero-order chi connectivity index (χ0) is 15.2. The molecule has 2 unspecified atom stereocenters. The van der Waals surface area contributed by atoms with Gasteiger partial charge in [0.25, 0.3) is 5.91 Å². The number of halogens is 2. The predicted octanol–water partition coefficient (Wildman–Crippen LogP) is 3.91. The summed E-state index contributed by atoms with van der Waals surface area (Å²) in [6, 6.07) is 4.89. The Morgan fingerprint density at radius 1 is 1.38 bits per heavy atom. The topological polar surface area (TPSA) is 47.6 Å². The van der Waals surface area contributed by atoms with Gasteiger partial charge in [-0.25, -0.2) is 0 Å². The standard InChI is InChI=1S/C15H19Cl2NO3/c1-10(21-9-14-4-2-3-5-20-14)15(19)18-13-7-11(16)6-12(17)8-13/h6-8,10,14H,2-5,9H2,1H3,(H,18,19). The SMILES string of the molecule is CC(OCC1CCCCO1)C(=O)Nc1cc(Cl)cc(Cl)c1. The molecule has 0 radical (unpaired) electrons. The fraction of sp³-hybridized carbons (Fsp3) is 0.533. The predicted molar refractivity (Wildman–Crippen MR) is 84.1 cm³/mol. The third-order valence-corrected chi connectivity index (χ3v) is 3.74. The van der Waals surface area contributed by atoms with Crippen LogP contribution in [-0.4, -0.2) is 31.3 Å². The first-order valence-corrected chi connectivity index (χ1v) is 7.80. The first kappa shape index (κ1) is 16.6. The summed E-state index contributed by atoms with van der Waals surface area (Å²) in [7, 11) is 0. The van der Waals surface area contributed by atoms with Gasteiger partial charge < -0.3 is 14.8 Å². The molecule has 1 fully saturated rings. The Morgan fingerprint density at radius 2 is 2.10 bits per heavy atom. The Kier molecular flexibility index (Phi) is 6.30. The zero-order valence-electron chi connectivity index (χ0n) is 11.9. The Labute approximate surface area is 134 Å². The van der Waals surface area contributed by atoms with Crippen molar-refractivity contribution in [2.75, 3.05) is 18.5 Å². The van der Waals surface area contributed by atoms with Crippen LogP contribution in [0.5, 0.6) is 0 Å². The van der Waals surface area contributed by atoms with Gasteiger partial charge in [-0.3, -0.25) is 4.79 Å². The zero-order valence-corrected chi connectivity index (χ0v) is 13.4. The van der Waals surface area contributed by atoms with Gasteiger partial charge in [0, 0.05) is 22.3 Å². The van der Waals surface area contributed by atoms with Crippen LogP contribution >= 0.6 is 23.2 Å². The van der Waals surface area contributed by atoms with Gasteiger partial charge in [-0.15, -0.1) is 0 Å². The Bertz CT molecular complexity index is 470. The van der Waals surface area contributed by atoms with E-state index in [9.17, 15) is 4.79 Å². The van der Waals surface area contributed by atoms with E-state index in [0.717, 1.165) is 25.9 Å². The molecule has 21 heavy (non-hydrogen) atoms. The molecule has 1 aliphatic heterocycles. The van der Waals surface area contributed by atoms with E-state index in [-0.39, 0.29) is 12.0 Å². The van der Waals surface area contributed by atoms with Crippen molar-refractivity contribution >= 4 is 34.8 Å². The maximum atomic E-state index is 12.0. The molecule has 2 atom stereocenters. The number of rotatable bonds is 5. The average molecular weight is 332 g/mol. The number of hydrogen-bond acceptors (Lipinski definition) is 3. The van der Waals surface area contributed by atoms with Gasteiger partial charge in [0.2, 0.25) is 0 Å². The maximum absolute atomic E-state index is 12.0. The highest BCUT2D eigenvalue weighted by atomic mass is 35.5. The summed E-state index contributed by atoms with van der Waals surface area (Å²) in [5, 5.41) is 3.69. The van der Waals surface area contributed by atoms with E-state index in [0.29, 0.717) is 22.3 Å². The molecule has 6 heteroatoms. The minimum absolute atomic E-state index is 0.0922. The van der Waals surface area contributed by atoms with Crippen molar-refractivity contribution in [2.45, 2.75) is 38.4 Å². The second kappa shape index (κ2) is 7.99. The van der Waals surface area contributed by atoms with E-state index in [1.807, 2.05) is 0 Å². The van der Waals surface area contributed by atoms with Crippen LogP contribution in [0.25, 0.3) is 0 Å². The summed E-state index contributed by atoms with van der Waals surface area (Å²) >= 11 is 11.8. The minimum Gasteiger partial charge on any atom is -0.376 e. The molecule has 0 aromatic heterocycles. The van der Waals surface area contributed by atoms with Gasteiger partial charge in [0.1, 0.15) is 6.10 Å². The Balaban J connectivity index is 1.81. The van der Waals surface area contributed by atoms with E-state index < -0.39 is 6.10 Å². The maximum Gasteiger partial charge on any atom is 0.253 e. The number of benzene rings is 1. The van der Waals surface area contributed by atoms with Crippen molar-refractivity contribution in [1.29, 1.82) is 0 Å². The quantitative estimate of drug-likeness (QED) is 0.889. The van der Waals surface area contributed by atoms with E-state index >= 15 is 0 Å². The number of hydrogen-bond donors (Lipinski definition) is 1. The van der Waals surface area contributed by atoms with Crippen LogP contribution in [0.4, 0.5) is 5.69 Å². The number of carbonyl (C=O) groups is 1. The highest BCUT2D eigenvalue weighted by Crippen LogP contribution is 2.22. The summed E-state index contributed by atoms with van der Waals surface area (Å²) in [5.41, 5.74) is 0.557. The second-order valence-corrected chi connectivity index (χ2v) is 5.98. The highest BCUT2D eigenvalue weighted by molar-refractivity contribution is 6.35. The van der Waals surface area contributed by atoms with Gasteiger partial charge in [-0.1, -0.05) is 23.2 Å². The van der Waals surface area contributed by atoms with Crippen molar-refractivity contribution < 1.29 is 14.3 Å². The fourth-order valence-electron chi connectivity index (χ4n) is 2.14. The molecule has 1 aromatic rings. The van der Waals surface area contributed by atoms with E-state index in [4.69, 9.17) is 32.7 Å². The molecule has 1 amide bonds. The van der Waals surface area contributed by atoms with Crippen LogP contribution in [0.3, 0.4) is 0 Å². The molecule has 0 bridgehead atoms. The number of nitrogens with one attached hydrogen (secondary N) is 1. The molecular formula is C15H19Cl2NO3. The third-order valence-electron chi connectivity index (χ3n) is 3.31. The van der Waals surface area contributed by atoms with Gasteiger partial charge in [-0.2, -0.15) is 0 Å². The normalized spacial score (nSPS) is 20.0. The minimum atomic E-state index is -0.562. The van der Waals surface area contributed by atoms with Crippen molar-refractivity contribution in [2.24, 2.45) is 0 Å². The van der Waals surface area contributed by atoms with E-state index in [2.05, 4.69) is 5.32 Å². The molecule has 0 spiro atoms. The smallest absolute Gasteiger partial charge is 0.253 e. The van der Waals surface area contributed by atoms with Crippen molar-refractivity contribution in [1.82, 2.24) is 0 Å². The number of carbonyl (C=O) groups excluding carboxylic acids is 1. The lowest BCUT2D eigenvalue weighted by atomic mass is 10.1. The van der Waals surface area contributed by atoms with Gasteiger partial charge in [-0.05, 0) is 44.4 Å². The average Bonchev–Trinajstić information content (AvgIpc) is 2.44. The summed E-state index contributed by atoms with van der Waals surface area (Å²) in [6.07, 6.45) is 2.76. The van der Waals surface area contributed by atoms with Crippen molar-refractivity contribution in [3.05, 3.63) is 28.2 Å². The molecule has 0 aliphatic carbocycles. The fourth-order valence-corrected chi connectivity index (χ4v) is 2.66. The van der Waals surface area contributed by atoms with Crippen molar-refractivity contribution in [3.63, 3.8) is 0 Å². The van der Waals surface area contributed by atoms with Crippen molar-refractivity contribution in [3.8, 4) is 0 Å². The Hall–Kier alpha value is -0.810. The number of amides is 1. The largest absolute Gasteiger partial charge is 0.376 e. The molecule has 1 aromatic carbocycles. The van der Waals surface area contributed by atoms with Gasteiger partial charge in [0.05, 0.1) is 12.7 Å². The lowest BCUT2D eigenvalue weighted by Crippen LogP contribution is -2.32. The molecular weight excluding hydrogens is 313 g/mol. The third kappa shape index (κ3) is 5.47. The Morgan fingerprint density at radius 3 is 2.71 bits per heavy atom. The first-order chi connectivity index (χ1) is 10.0. The van der Waals surface area contributed by atoms with E-state index in [1.54, 1.807) is 25.1 Å². The van der Waals surface area contributed by atoms with Gasteiger partial charge >= 0.3 is 0 Å². The molecule has 4 nitrogen and oxygen atoms in total. The van der Waals surface area contributed by atoms with Crippen LogP contribution in [0.15, 0.2) is 18.2 Å². The lowest BCUT2D eigenvalue weighted by Gasteiger charge is -2.23. The van der Waals surface area contributed by atoms with Crippen LogP contribution in [0.2, 0.25) is 10.0 Å². The number of ether oxygens (including phenoxy) is 2. The molecule has 1 aliphatic rings. The summed E-state index contributed by atoms with van der Waals surface area (Å²) in [5.74, 6) is -0.232. The van der Waals surface area contributed by atoms with Crippen LogP contribution < -0.4 is 5.32 Å². The molecule has 0 saturated carbocycles. The van der Waals surface area contributed by atoms with E-state index in [1.165, 1.54) is 0 Å². The first-order valence-electron chi connectivity index (χ1n) is 7.05. The monoisotopic (exact) mass is 331 g/mol. The molecule has 116 valence electrons. The van der Waals surface area contributed by atoms with Gasteiger partial charge in [0.15, 0.2) is 0 Å². The molecule has 1 heterocycles. The second-order valence-electron chi connectivity index (χ2n) is 5.11. The van der Waals surface area contributed by atoms with Crippen LogP contribution in [0, 0.1) is 0 Å².